The van der Waals surface area contributed by atoms with E-state index in [1.165, 1.54) is 36.2 Å². The molecule has 2 fully saturated rings. The summed E-state index contributed by atoms with van der Waals surface area (Å²) in [6, 6.07) is 12.9. The molecule has 3 unspecified atom stereocenters. The lowest BCUT2D eigenvalue weighted by Gasteiger charge is -2.33. The van der Waals surface area contributed by atoms with Crippen LogP contribution >= 0.6 is 0 Å². The van der Waals surface area contributed by atoms with Crippen LogP contribution in [0.5, 0.6) is 0 Å². The third-order valence-corrected chi connectivity index (χ3v) is 10.3. The van der Waals surface area contributed by atoms with Crippen molar-refractivity contribution >= 4 is 16.8 Å². The summed E-state index contributed by atoms with van der Waals surface area (Å²) >= 11 is 0. The molecule has 2 aromatic carbocycles. The first-order chi connectivity index (χ1) is 20.2. The van der Waals surface area contributed by atoms with Crippen molar-refractivity contribution in [3.8, 4) is 0 Å². The lowest BCUT2D eigenvalue weighted by Crippen LogP contribution is -2.45. The number of fused-ring (bicyclic) bond motifs is 4. The first kappa shape index (κ1) is 27.8. The molecule has 2 aliphatic heterocycles. The Morgan fingerprint density at radius 3 is 2.55 bits per heavy atom. The molecule has 0 bridgehead atoms. The Morgan fingerprint density at radius 2 is 1.83 bits per heavy atom. The maximum Gasteiger partial charge on any atom is 0.270 e. The summed E-state index contributed by atoms with van der Waals surface area (Å²) in [7, 11) is 0. The summed E-state index contributed by atoms with van der Waals surface area (Å²) in [4.78, 5) is 21.8. The summed E-state index contributed by atoms with van der Waals surface area (Å²) in [5.41, 5.74) is 6.98. The van der Waals surface area contributed by atoms with Gasteiger partial charge >= 0.3 is 0 Å². The monoisotopic (exact) mass is 572 g/mol. The van der Waals surface area contributed by atoms with E-state index in [9.17, 15) is 13.6 Å². The molecule has 4 aliphatic rings. The largest absolute Gasteiger partial charge is 0.358 e. The minimum Gasteiger partial charge on any atom is -0.358 e. The van der Waals surface area contributed by atoms with Crippen LogP contribution < -0.4 is 5.32 Å². The molecule has 2 N–H and O–H groups in total. The lowest BCUT2D eigenvalue weighted by molar-refractivity contribution is 0.0174. The number of halogens is 2. The number of aromatic amines is 1. The summed E-state index contributed by atoms with van der Waals surface area (Å²) < 4.78 is 27.2. The smallest absolute Gasteiger partial charge is 0.270 e. The number of piperidine rings is 1. The third kappa shape index (κ3) is 5.53. The molecule has 7 rings (SSSR count). The van der Waals surface area contributed by atoms with E-state index in [0.29, 0.717) is 12.1 Å². The zero-order valence-electron chi connectivity index (χ0n) is 24.8. The molecule has 3 atom stereocenters. The zero-order valence-corrected chi connectivity index (χ0v) is 24.8. The van der Waals surface area contributed by atoms with Crippen LogP contribution in [0, 0.1) is 17.8 Å². The molecule has 1 aromatic heterocycles. The van der Waals surface area contributed by atoms with Crippen molar-refractivity contribution in [2.75, 3.05) is 26.2 Å². The molecule has 42 heavy (non-hydrogen) atoms. The van der Waals surface area contributed by atoms with E-state index in [2.05, 4.69) is 33.1 Å². The number of H-pyrrole nitrogens is 1. The van der Waals surface area contributed by atoms with Crippen molar-refractivity contribution < 1.29 is 13.6 Å². The topological polar surface area (TPSA) is 51.4 Å². The lowest BCUT2D eigenvalue weighted by atomic mass is 10.0. The fourth-order valence-corrected chi connectivity index (χ4v) is 7.70. The SMILES string of the molecule is CCC1C=C(CN2CCC(NC(=O)c3ccc4[nH]c5c(c4c3)CN(Cc3ccc(C(C)(F)F)cc3)CC5)CC2)C2CC12. The molecule has 0 radical (unpaired) electrons. The van der Waals surface area contributed by atoms with Gasteiger partial charge in [-0.25, -0.2) is 8.78 Å². The van der Waals surface area contributed by atoms with Crippen LogP contribution in [0.3, 0.4) is 0 Å². The van der Waals surface area contributed by atoms with Gasteiger partial charge in [0.05, 0.1) is 0 Å². The number of rotatable bonds is 8. The summed E-state index contributed by atoms with van der Waals surface area (Å²) in [6.07, 6.45) is 8.13. The standard InChI is InChI=1S/C35H42F2N4O/c1-3-23-16-25(29-18-28(23)29)20-40-13-10-27(11-14-40)38-34(42)24-6-9-32-30(17-24)31-21-41(15-12-33(31)39-32)19-22-4-7-26(8-5-22)35(2,36)37/h4-9,16-17,23,27-29,39H,3,10-15,18-21H2,1-2H3,(H,38,42). The number of carbonyl (C=O) groups excluding carboxylic acids is 1. The van der Waals surface area contributed by atoms with Gasteiger partial charge in [-0.3, -0.25) is 14.6 Å². The Kier molecular flexibility index (Phi) is 7.22. The predicted octanol–water partition coefficient (Wildman–Crippen LogP) is 6.63. The Bertz CT molecular complexity index is 1500. The van der Waals surface area contributed by atoms with Crippen molar-refractivity contribution in [1.29, 1.82) is 0 Å². The molecule has 5 nitrogen and oxygen atoms in total. The van der Waals surface area contributed by atoms with Crippen LogP contribution in [-0.2, 0) is 25.4 Å². The van der Waals surface area contributed by atoms with Crippen molar-refractivity contribution in [2.24, 2.45) is 17.8 Å². The van der Waals surface area contributed by atoms with E-state index in [0.717, 1.165) is 93.1 Å². The predicted molar refractivity (Wildman–Crippen MR) is 163 cm³/mol. The van der Waals surface area contributed by atoms with Crippen LogP contribution in [0.15, 0.2) is 54.1 Å². The Balaban J connectivity index is 0.963. The van der Waals surface area contributed by atoms with Crippen LogP contribution in [-0.4, -0.2) is 52.9 Å². The second-order valence-electron chi connectivity index (χ2n) is 13.2. The highest BCUT2D eigenvalue weighted by molar-refractivity contribution is 5.99. The van der Waals surface area contributed by atoms with Gasteiger partial charge in [-0.2, -0.15) is 0 Å². The number of alkyl halides is 2. The Morgan fingerprint density at radius 1 is 1.05 bits per heavy atom. The number of allylic oxidation sites excluding steroid dienone is 1. The van der Waals surface area contributed by atoms with Crippen LogP contribution in [0.25, 0.3) is 10.9 Å². The summed E-state index contributed by atoms with van der Waals surface area (Å²) in [5, 5.41) is 4.43. The number of nitrogens with one attached hydrogen (secondary N) is 2. The van der Waals surface area contributed by atoms with E-state index in [4.69, 9.17) is 0 Å². The summed E-state index contributed by atoms with van der Waals surface area (Å²) in [5.74, 6) is -0.212. The average Bonchev–Trinajstić information content (AvgIpc) is 3.59. The number of likely N-dealkylation sites (tertiary alicyclic amines) is 1. The van der Waals surface area contributed by atoms with E-state index in [1.807, 2.05) is 18.2 Å². The first-order valence-electron chi connectivity index (χ1n) is 15.8. The van der Waals surface area contributed by atoms with Gasteiger partial charge in [0.15, 0.2) is 0 Å². The number of hydrogen-bond acceptors (Lipinski definition) is 3. The number of benzene rings is 2. The van der Waals surface area contributed by atoms with Crippen LogP contribution in [0.2, 0.25) is 0 Å². The van der Waals surface area contributed by atoms with Crippen molar-refractivity contribution in [3.63, 3.8) is 0 Å². The molecule has 0 spiro atoms. The van der Waals surface area contributed by atoms with Gasteiger partial charge in [0.1, 0.15) is 0 Å². The fourth-order valence-electron chi connectivity index (χ4n) is 7.70. The maximum absolute atomic E-state index is 13.6. The third-order valence-electron chi connectivity index (χ3n) is 10.3. The van der Waals surface area contributed by atoms with Gasteiger partial charge in [-0.05, 0) is 72.8 Å². The van der Waals surface area contributed by atoms with E-state index in [1.54, 1.807) is 17.7 Å². The fraction of sp³-hybridized carbons (Fsp3) is 0.514. The zero-order chi connectivity index (χ0) is 29.0. The maximum atomic E-state index is 13.6. The van der Waals surface area contributed by atoms with Gasteiger partial charge in [-0.1, -0.05) is 42.8 Å². The highest BCUT2D eigenvalue weighted by Crippen LogP contribution is 2.56. The van der Waals surface area contributed by atoms with Crippen molar-refractivity contribution in [2.45, 2.75) is 71.0 Å². The molecule has 3 aromatic rings. The number of nitrogens with zero attached hydrogens (tertiary/aromatic N) is 2. The minimum absolute atomic E-state index is 0.0101. The molecule has 1 amide bonds. The number of carbonyl (C=O) groups is 1. The molecular formula is C35H42F2N4O. The number of aromatic nitrogens is 1. The second-order valence-corrected chi connectivity index (χ2v) is 13.2. The number of amides is 1. The van der Waals surface area contributed by atoms with Crippen molar-refractivity contribution in [3.05, 3.63) is 82.1 Å². The molecule has 7 heteroatoms. The van der Waals surface area contributed by atoms with Gasteiger partial charge < -0.3 is 10.3 Å². The van der Waals surface area contributed by atoms with Gasteiger partial charge in [0, 0.05) is 86.4 Å². The molecular weight excluding hydrogens is 530 g/mol. The highest BCUT2D eigenvalue weighted by atomic mass is 19.3. The van der Waals surface area contributed by atoms with Crippen LogP contribution in [0.1, 0.15) is 72.3 Å². The quantitative estimate of drug-likeness (QED) is 0.298. The first-order valence-corrected chi connectivity index (χ1v) is 15.8. The van der Waals surface area contributed by atoms with Crippen LogP contribution in [0.4, 0.5) is 8.78 Å². The normalized spacial score (nSPS) is 24.9. The van der Waals surface area contributed by atoms with Gasteiger partial charge in [0.25, 0.3) is 11.8 Å². The Hall–Kier alpha value is -3.03. The van der Waals surface area contributed by atoms with Gasteiger partial charge in [0.2, 0.25) is 0 Å². The number of hydrogen-bond donors (Lipinski definition) is 2. The minimum atomic E-state index is -2.82. The summed E-state index contributed by atoms with van der Waals surface area (Å²) in [6.45, 7) is 8.81. The average molecular weight is 573 g/mol. The molecule has 222 valence electrons. The van der Waals surface area contributed by atoms with E-state index >= 15 is 0 Å². The molecule has 3 heterocycles. The Labute approximate surface area is 247 Å². The highest BCUT2D eigenvalue weighted by Gasteiger charge is 2.48. The van der Waals surface area contributed by atoms with Gasteiger partial charge in [-0.15, -0.1) is 0 Å². The second kappa shape index (κ2) is 10.9. The van der Waals surface area contributed by atoms with E-state index in [-0.39, 0.29) is 17.5 Å². The molecule has 1 saturated carbocycles. The molecule has 2 aliphatic carbocycles. The van der Waals surface area contributed by atoms with E-state index < -0.39 is 5.92 Å². The molecule has 1 saturated heterocycles. The van der Waals surface area contributed by atoms with Crippen molar-refractivity contribution in [1.82, 2.24) is 20.1 Å².